The Labute approximate surface area is 186 Å². The first-order valence-electron chi connectivity index (χ1n) is 10.7. The Balaban J connectivity index is 1.34. The zero-order valence-electron chi connectivity index (χ0n) is 18.0. The molecular weight excluding hydrogens is 408 g/mol. The predicted molar refractivity (Wildman–Crippen MR) is 118 cm³/mol. The van der Waals surface area contributed by atoms with Crippen molar-refractivity contribution in [3.63, 3.8) is 0 Å². The van der Waals surface area contributed by atoms with E-state index in [0.717, 1.165) is 24.1 Å². The standard InChI is InChI=1S/C24H26N4O4/c1-31-20-9-4-6-17(14-20)22-15-21(27-32-22)24(30)28-13-5-7-18(16-28)23(29)26-12-10-19-8-2-3-11-25-19/h2-4,6,8-9,11,14-15,18H,5,7,10,12-13,16H2,1H3,(H,26,29). The molecule has 0 aliphatic carbocycles. The minimum atomic E-state index is -0.235. The fourth-order valence-corrected chi connectivity index (χ4v) is 3.83. The summed E-state index contributed by atoms with van der Waals surface area (Å²) in [5.74, 6) is 0.693. The van der Waals surface area contributed by atoms with Crippen molar-refractivity contribution in [3.05, 3.63) is 66.1 Å². The van der Waals surface area contributed by atoms with Crippen molar-refractivity contribution in [2.45, 2.75) is 19.3 Å². The van der Waals surface area contributed by atoms with Gasteiger partial charge in [0.25, 0.3) is 5.91 Å². The van der Waals surface area contributed by atoms with Gasteiger partial charge in [0.1, 0.15) is 5.75 Å². The summed E-state index contributed by atoms with van der Waals surface area (Å²) in [5, 5.41) is 6.94. The number of hydrogen-bond donors (Lipinski definition) is 1. The van der Waals surface area contributed by atoms with E-state index in [2.05, 4.69) is 15.5 Å². The molecule has 2 aromatic heterocycles. The maximum atomic E-state index is 13.0. The fraction of sp³-hybridized carbons (Fsp3) is 0.333. The van der Waals surface area contributed by atoms with Crippen LogP contribution >= 0.6 is 0 Å². The second-order valence-electron chi connectivity index (χ2n) is 7.76. The summed E-state index contributed by atoms with van der Waals surface area (Å²) in [6, 6.07) is 14.7. The summed E-state index contributed by atoms with van der Waals surface area (Å²) in [5.41, 5.74) is 1.95. The molecule has 1 N–H and O–H groups in total. The summed E-state index contributed by atoms with van der Waals surface area (Å²) >= 11 is 0. The first-order chi connectivity index (χ1) is 15.6. The van der Waals surface area contributed by atoms with Crippen LogP contribution < -0.4 is 10.1 Å². The van der Waals surface area contributed by atoms with Crippen LogP contribution in [0.25, 0.3) is 11.3 Å². The average molecular weight is 434 g/mol. The Morgan fingerprint density at radius 2 is 2.12 bits per heavy atom. The molecule has 8 nitrogen and oxygen atoms in total. The maximum Gasteiger partial charge on any atom is 0.276 e. The number of nitrogens with zero attached hydrogens (tertiary/aromatic N) is 3. The summed E-state index contributed by atoms with van der Waals surface area (Å²) in [6.07, 6.45) is 3.94. The number of nitrogens with one attached hydrogen (secondary N) is 1. The van der Waals surface area contributed by atoms with Gasteiger partial charge in [0.2, 0.25) is 5.91 Å². The maximum absolute atomic E-state index is 13.0. The van der Waals surface area contributed by atoms with Crippen molar-refractivity contribution < 1.29 is 18.8 Å². The molecule has 166 valence electrons. The largest absolute Gasteiger partial charge is 0.497 e. The van der Waals surface area contributed by atoms with Gasteiger partial charge in [-0.15, -0.1) is 0 Å². The monoisotopic (exact) mass is 434 g/mol. The first-order valence-corrected chi connectivity index (χ1v) is 10.7. The van der Waals surface area contributed by atoms with Crippen LogP contribution in [-0.2, 0) is 11.2 Å². The molecule has 0 radical (unpaired) electrons. The molecule has 2 amide bonds. The zero-order valence-corrected chi connectivity index (χ0v) is 18.0. The summed E-state index contributed by atoms with van der Waals surface area (Å²) in [4.78, 5) is 31.5. The van der Waals surface area contributed by atoms with Gasteiger partial charge in [-0.3, -0.25) is 14.6 Å². The van der Waals surface area contributed by atoms with Crippen LogP contribution in [0.15, 0.2) is 59.3 Å². The lowest BCUT2D eigenvalue weighted by molar-refractivity contribution is -0.126. The van der Waals surface area contributed by atoms with E-state index in [9.17, 15) is 9.59 Å². The van der Waals surface area contributed by atoms with Gasteiger partial charge in [0, 0.05) is 49.6 Å². The number of hydrogen-bond acceptors (Lipinski definition) is 6. The normalized spacial score (nSPS) is 15.9. The molecule has 1 unspecified atom stereocenters. The van der Waals surface area contributed by atoms with Gasteiger partial charge in [-0.1, -0.05) is 23.4 Å². The lowest BCUT2D eigenvalue weighted by Crippen LogP contribution is -2.45. The Hall–Kier alpha value is -3.68. The Morgan fingerprint density at radius 3 is 2.94 bits per heavy atom. The van der Waals surface area contributed by atoms with Crippen molar-refractivity contribution in [3.8, 4) is 17.1 Å². The van der Waals surface area contributed by atoms with Crippen molar-refractivity contribution >= 4 is 11.8 Å². The number of rotatable bonds is 7. The highest BCUT2D eigenvalue weighted by Gasteiger charge is 2.30. The Morgan fingerprint density at radius 1 is 1.22 bits per heavy atom. The lowest BCUT2D eigenvalue weighted by Gasteiger charge is -2.31. The van der Waals surface area contributed by atoms with Crippen LogP contribution in [0.5, 0.6) is 5.75 Å². The molecule has 3 aromatic rings. The highest BCUT2D eigenvalue weighted by Crippen LogP contribution is 2.26. The minimum absolute atomic E-state index is 0.0318. The van der Waals surface area contributed by atoms with Gasteiger partial charge < -0.3 is 19.5 Å². The number of methoxy groups -OCH3 is 1. The van der Waals surface area contributed by atoms with Crippen LogP contribution in [0.1, 0.15) is 29.0 Å². The third-order valence-electron chi connectivity index (χ3n) is 5.57. The van der Waals surface area contributed by atoms with Crippen LogP contribution in [0.3, 0.4) is 0 Å². The molecule has 0 bridgehead atoms. The molecule has 1 aliphatic rings. The molecule has 1 aliphatic heterocycles. The van der Waals surface area contributed by atoms with E-state index < -0.39 is 0 Å². The number of carbonyl (C=O) groups is 2. The molecule has 1 saturated heterocycles. The molecule has 4 rings (SSSR count). The van der Waals surface area contributed by atoms with E-state index in [1.54, 1.807) is 24.3 Å². The number of piperidine rings is 1. The second kappa shape index (κ2) is 10.1. The molecule has 3 heterocycles. The number of aromatic nitrogens is 2. The number of ether oxygens (including phenoxy) is 1. The van der Waals surface area contributed by atoms with Gasteiger partial charge in [-0.05, 0) is 37.1 Å². The molecule has 0 spiro atoms. The van der Waals surface area contributed by atoms with Crippen molar-refractivity contribution in [2.75, 3.05) is 26.7 Å². The average Bonchev–Trinajstić information content (AvgIpc) is 3.35. The molecule has 0 saturated carbocycles. The van der Waals surface area contributed by atoms with E-state index in [1.807, 2.05) is 42.5 Å². The molecule has 1 aromatic carbocycles. The number of likely N-dealkylation sites (tertiary alicyclic amines) is 1. The van der Waals surface area contributed by atoms with Crippen molar-refractivity contribution in [1.29, 1.82) is 0 Å². The van der Waals surface area contributed by atoms with Gasteiger partial charge in [0.05, 0.1) is 13.0 Å². The van der Waals surface area contributed by atoms with Gasteiger partial charge in [0.15, 0.2) is 11.5 Å². The SMILES string of the molecule is COc1cccc(-c2cc(C(=O)N3CCCC(C(=O)NCCc4ccccn4)C3)no2)c1. The fourth-order valence-electron chi connectivity index (χ4n) is 3.83. The van der Waals surface area contributed by atoms with E-state index >= 15 is 0 Å². The van der Waals surface area contributed by atoms with Crippen LogP contribution in [-0.4, -0.2) is 53.6 Å². The minimum Gasteiger partial charge on any atom is -0.497 e. The topological polar surface area (TPSA) is 97.6 Å². The number of benzene rings is 1. The predicted octanol–water partition coefficient (Wildman–Crippen LogP) is 2.96. The van der Waals surface area contributed by atoms with E-state index in [4.69, 9.17) is 9.26 Å². The lowest BCUT2D eigenvalue weighted by atomic mass is 9.96. The summed E-state index contributed by atoms with van der Waals surface area (Å²) in [6.45, 7) is 1.49. The van der Waals surface area contributed by atoms with Crippen molar-refractivity contribution in [1.82, 2.24) is 20.4 Å². The van der Waals surface area contributed by atoms with Crippen LogP contribution in [0.4, 0.5) is 0 Å². The van der Waals surface area contributed by atoms with Crippen LogP contribution in [0, 0.1) is 5.92 Å². The molecule has 32 heavy (non-hydrogen) atoms. The second-order valence-corrected chi connectivity index (χ2v) is 7.76. The van der Waals surface area contributed by atoms with Crippen LogP contribution in [0.2, 0.25) is 0 Å². The number of carbonyl (C=O) groups excluding carboxylic acids is 2. The summed E-state index contributed by atoms with van der Waals surface area (Å²) < 4.78 is 10.6. The molecule has 8 heteroatoms. The highest BCUT2D eigenvalue weighted by atomic mass is 16.5. The number of pyridine rings is 1. The van der Waals surface area contributed by atoms with Gasteiger partial charge in [-0.25, -0.2) is 0 Å². The Bertz CT molecular complexity index is 1070. The van der Waals surface area contributed by atoms with Gasteiger partial charge >= 0.3 is 0 Å². The third-order valence-corrected chi connectivity index (χ3v) is 5.57. The first kappa shape index (κ1) is 21.5. The van der Waals surface area contributed by atoms with Crippen molar-refractivity contribution in [2.24, 2.45) is 5.92 Å². The van der Waals surface area contributed by atoms with E-state index in [1.165, 1.54) is 0 Å². The van der Waals surface area contributed by atoms with E-state index in [-0.39, 0.29) is 23.4 Å². The smallest absolute Gasteiger partial charge is 0.276 e. The van der Waals surface area contributed by atoms with E-state index in [0.29, 0.717) is 37.6 Å². The highest BCUT2D eigenvalue weighted by molar-refractivity contribution is 5.93. The quantitative estimate of drug-likeness (QED) is 0.614. The van der Waals surface area contributed by atoms with Gasteiger partial charge in [-0.2, -0.15) is 0 Å². The molecule has 1 atom stereocenters. The Kier molecular flexibility index (Phi) is 6.79. The zero-order chi connectivity index (χ0) is 22.3. The third kappa shape index (κ3) is 5.14. The summed E-state index contributed by atoms with van der Waals surface area (Å²) in [7, 11) is 1.59. The number of amides is 2. The molecular formula is C24H26N4O4. The molecule has 1 fully saturated rings.